The van der Waals surface area contributed by atoms with E-state index in [1.165, 1.54) is 18.7 Å². The molecule has 142 valence electrons. The number of amides is 2. The van der Waals surface area contributed by atoms with Gasteiger partial charge in [-0.1, -0.05) is 0 Å². The molecule has 3 N–H and O–H groups in total. The van der Waals surface area contributed by atoms with Gasteiger partial charge in [0.15, 0.2) is 0 Å². The van der Waals surface area contributed by atoms with Gasteiger partial charge in [0.05, 0.1) is 0 Å². The number of esters is 1. The minimum Gasteiger partial charge on any atom is -0.481 e. The molecule has 0 saturated carbocycles. The van der Waals surface area contributed by atoms with E-state index in [-0.39, 0.29) is 37.3 Å². The maximum atomic E-state index is 12.3. The lowest BCUT2D eigenvalue weighted by Gasteiger charge is -2.49. The number of aliphatic carboxylic acids is 2. The van der Waals surface area contributed by atoms with Crippen LogP contribution in [-0.2, 0) is 28.7 Å². The van der Waals surface area contributed by atoms with E-state index in [1.807, 2.05) is 0 Å². The number of fused-ring (bicyclic) bond motifs is 1. The van der Waals surface area contributed by atoms with Gasteiger partial charge in [0, 0.05) is 31.1 Å². The van der Waals surface area contributed by atoms with Gasteiger partial charge in [-0.15, -0.1) is 11.8 Å². The lowest BCUT2D eigenvalue weighted by molar-refractivity contribution is -0.151. The molecule has 2 atom stereocenters. The van der Waals surface area contributed by atoms with Gasteiger partial charge in [0.2, 0.25) is 5.91 Å². The Hall–Kier alpha value is -2.56. The van der Waals surface area contributed by atoms with Crippen molar-refractivity contribution in [3.05, 3.63) is 11.3 Å². The van der Waals surface area contributed by atoms with Crippen molar-refractivity contribution in [3.8, 4) is 0 Å². The molecule has 11 heteroatoms. The van der Waals surface area contributed by atoms with Gasteiger partial charge in [0.1, 0.15) is 23.7 Å². The molecule has 0 aromatic rings. The molecule has 10 nitrogen and oxygen atoms in total. The summed E-state index contributed by atoms with van der Waals surface area (Å²) in [6.07, 6.45) is -0.0368. The molecule has 0 unspecified atom stereocenters. The van der Waals surface area contributed by atoms with Crippen molar-refractivity contribution in [2.24, 2.45) is 0 Å². The highest BCUT2D eigenvalue weighted by Gasteiger charge is 2.54. The van der Waals surface area contributed by atoms with Crippen LogP contribution in [0.25, 0.3) is 0 Å². The summed E-state index contributed by atoms with van der Waals surface area (Å²) in [7, 11) is 0. The molecule has 0 spiro atoms. The number of carbonyl (C=O) groups is 5. The standard InChI is InChI=1S/C15H18N2O8S/c1-7(18)25-5-8-6-26-14-11(13(22)17(14)12(8)15(23)24)16-9(19)3-2-4-10(20)21/h11,14H,2-6H2,1H3,(H,16,19)(H,20,21)(H,23,24)/t11-,14-/m1/s1. The van der Waals surface area contributed by atoms with Crippen LogP contribution in [0.5, 0.6) is 0 Å². The van der Waals surface area contributed by atoms with E-state index < -0.39 is 41.1 Å². The molecule has 2 amide bonds. The molecule has 0 bridgehead atoms. The third-order valence-corrected chi connectivity index (χ3v) is 5.15. The predicted octanol–water partition coefficient (Wildman–Crippen LogP) is -0.457. The number of rotatable bonds is 8. The third-order valence-electron chi connectivity index (χ3n) is 3.81. The van der Waals surface area contributed by atoms with Gasteiger partial charge in [-0.2, -0.15) is 0 Å². The van der Waals surface area contributed by atoms with E-state index in [4.69, 9.17) is 9.84 Å². The van der Waals surface area contributed by atoms with Crippen molar-refractivity contribution in [2.75, 3.05) is 12.4 Å². The quantitative estimate of drug-likeness (QED) is 0.372. The van der Waals surface area contributed by atoms with Crippen molar-refractivity contribution in [1.82, 2.24) is 10.2 Å². The van der Waals surface area contributed by atoms with Crippen LogP contribution < -0.4 is 5.32 Å². The molecule has 2 rings (SSSR count). The molecule has 2 aliphatic rings. The second-order valence-electron chi connectivity index (χ2n) is 5.74. The van der Waals surface area contributed by atoms with Crippen LogP contribution in [0.3, 0.4) is 0 Å². The summed E-state index contributed by atoms with van der Waals surface area (Å²) in [6.45, 7) is 0.983. The summed E-state index contributed by atoms with van der Waals surface area (Å²) in [6, 6.07) is -0.859. The van der Waals surface area contributed by atoms with Crippen molar-refractivity contribution >= 4 is 41.5 Å². The first-order valence-corrected chi connectivity index (χ1v) is 8.81. The van der Waals surface area contributed by atoms with Crippen LogP contribution in [0.2, 0.25) is 0 Å². The first kappa shape index (κ1) is 19.8. The molecule has 0 aromatic carbocycles. The lowest BCUT2D eigenvalue weighted by Crippen LogP contribution is -2.70. The molecule has 2 heterocycles. The Bertz CT molecular complexity index is 689. The molecule has 1 saturated heterocycles. The maximum absolute atomic E-state index is 12.3. The van der Waals surface area contributed by atoms with Crippen molar-refractivity contribution < 1.29 is 38.9 Å². The zero-order chi connectivity index (χ0) is 19.4. The van der Waals surface area contributed by atoms with Crippen LogP contribution >= 0.6 is 11.8 Å². The second-order valence-corrected chi connectivity index (χ2v) is 6.84. The van der Waals surface area contributed by atoms with Crippen LogP contribution in [0, 0.1) is 0 Å². The van der Waals surface area contributed by atoms with Gasteiger partial charge < -0.3 is 20.3 Å². The molecular weight excluding hydrogens is 368 g/mol. The van der Waals surface area contributed by atoms with Gasteiger partial charge in [-0.25, -0.2) is 4.79 Å². The Morgan fingerprint density at radius 2 is 1.96 bits per heavy atom. The number of carbonyl (C=O) groups excluding carboxylic acids is 3. The molecule has 1 fully saturated rings. The number of nitrogens with zero attached hydrogens (tertiary/aromatic N) is 1. The largest absolute Gasteiger partial charge is 0.481 e. The van der Waals surface area contributed by atoms with Gasteiger partial charge in [0.25, 0.3) is 5.91 Å². The molecule has 26 heavy (non-hydrogen) atoms. The average molecular weight is 386 g/mol. The summed E-state index contributed by atoms with van der Waals surface area (Å²) >= 11 is 1.26. The van der Waals surface area contributed by atoms with Crippen molar-refractivity contribution in [1.29, 1.82) is 0 Å². The zero-order valence-corrected chi connectivity index (χ0v) is 14.7. The average Bonchev–Trinajstić information content (AvgIpc) is 2.56. The molecule has 0 aliphatic carbocycles. The molecule has 0 radical (unpaired) electrons. The topological polar surface area (TPSA) is 150 Å². The Morgan fingerprint density at radius 1 is 1.27 bits per heavy atom. The second kappa shape index (κ2) is 8.21. The first-order valence-electron chi connectivity index (χ1n) is 7.77. The predicted molar refractivity (Wildman–Crippen MR) is 87.8 cm³/mol. The Kier molecular flexibility index (Phi) is 6.24. The molecule has 2 aliphatic heterocycles. The highest BCUT2D eigenvalue weighted by molar-refractivity contribution is 8.00. The summed E-state index contributed by atoms with van der Waals surface area (Å²) in [4.78, 5) is 58.1. The van der Waals surface area contributed by atoms with E-state index in [1.54, 1.807) is 0 Å². The van der Waals surface area contributed by atoms with Crippen molar-refractivity contribution in [3.63, 3.8) is 0 Å². The Labute approximate surface area is 152 Å². The number of carboxylic acid groups (broad SMARTS) is 2. The SMILES string of the molecule is CC(=O)OCC1=C(C(=O)O)N2C(=O)[C@@H](NC(=O)CCCC(=O)O)[C@H]2SC1. The van der Waals surface area contributed by atoms with Crippen LogP contribution in [0.4, 0.5) is 0 Å². The fraction of sp³-hybridized carbons (Fsp3) is 0.533. The number of β-lactam (4-membered cyclic amide) rings is 1. The Morgan fingerprint density at radius 3 is 2.54 bits per heavy atom. The number of thioether (sulfide) groups is 1. The lowest BCUT2D eigenvalue weighted by atomic mass is 10.0. The number of ether oxygens (including phenoxy) is 1. The molecule has 0 aromatic heterocycles. The number of nitrogens with one attached hydrogen (secondary N) is 1. The monoisotopic (exact) mass is 386 g/mol. The number of hydrogen-bond donors (Lipinski definition) is 3. The summed E-state index contributed by atoms with van der Waals surface area (Å²) in [5.41, 5.74) is 0.0879. The zero-order valence-electron chi connectivity index (χ0n) is 13.9. The minimum absolute atomic E-state index is 0.0349. The fourth-order valence-electron chi connectivity index (χ4n) is 2.63. The van der Waals surface area contributed by atoms with E-state index in [2.05, 4.69) is 5.32 Å². The fourth-order valence-corrected chi connectivity index (χ4v) is 3.96. The highest BCUT2D eigenvalue weighted by atomic mass is 32.2. The normalized spacial score (nSPS) is 21.6. The summed E-state index contributed by atoms with van der Waals surface area (Å²) in [5.74, 6) is -3.66. The smallest absolute Gasteiger partial charge is 0.352 e. The highest BCUT2D eigenvalue weighted by Crippen LogP contribution is 2.40. The van der Waals surface area contributed by atoms with E-state index in [0.717, 1.165) is 4.90 Å². The van der Waals surface area contributed by atoms with E-state index >= 15 is 0 Å². The number of hydrogen-bond acceptors (Lipinski definition) is 7. The van der Waals surface area contributed by atoms with Gasteiger partial charge in [-0.05, 0) is 6.42 Å². The van der Waals surface area contributed by atoms with Crippen molar-refractivity contribution in [2.45, 2.75) is 37.6 Å². The minimum atomic E-state index is -1.31. The first-order chi connectivity index (χ1) is 12.2. The van der Waals surface area contributed by atoms with Gasteiger partial charge >= 0.3 is 17.9 Å². The van der Waals surface area contributed by atoms with Crippen LogP contribution in [0.15, 0.2) is 11.3 Å². The maximum Gasteiger partial charge on any atom is 0.352 e. The van der Waals surface area contributed by atoms with Crippen LogP contribution in [0.1, 0.15) is 26.2 Å². The van der Waals surface area contributed by atoms with E-state index in [0.29, 0.717) is 5.57 Å². The van der Waals surface area contributed by atoms with Gasteiger partial charge in [-0.3, -0.25) is 24.1 Å². The van der Waals surface area contributed by atoms with E-state index in [9.17, 15) is 29.1 Å². The summed E-state index contributed by atoms with van der Waals surface area (Å²) < 4.78 is 4.83. The molecular formula is C15H18N2O8S. The summed E-state index contributed by atoms with van der Waals surface area (Å²) in [5, 5.41) is 19.9. The third kappa shape index (κ3) is 4.34. The van der Waals surface area contributed by atoms with Crippen LogP contribution in [-0.4, -0.2) is 68.6 Å². The number of carboxylic acids is 2. The Balaban J connectivity index is 2.02.